The van der Waals surface area contributed by atoms with Crippen LogP contribution in [0.3, 0.4) is 0 Å². The number of esters is 1. The van der Waals surface area contributed by atoms with Crippen LogP contribution in [-0.2, 0) is 4.74 Å². The quantitative estimate of drug-likeness (QED) is 0.862. The summed E-state index contributed by atoms with van der Waals surface area (Å²) in [7, 11) is 0. The fraction of sp³-hybridized carbons (Fsp3) is 0.273. The second-order valence-corrected chi connectivity index (χ2v) is 4.28. The maximum Gasteiger partial charge on any atom is 0.374 e. The van der Waals surface area contributed by atoms with Crippen molar-refractivity contribution in [3.8, 4) is 0 Å². The Labute approximate surface area is 101 Å². The summed E-state index contributed by atoms with van der Waals surface area (Å²) < 4.78 is 5.85. The number of fused-ring (bicyclic) bond motifs is 1. The van der Waals surface area contributed by atoms with Gasteiger partial charge in [-0.1, -0.05) is 15.9 Å². The van der Waals surface area contributed by atoms with Crippen LogP contribution < -0.4 is 0 Å². The SMILES string of the molecule is CCOC(=O)c1nc2cc(Br)c(C)cc2[nH]1. The lowest BCUT2D eigenvalue weighted by Crippen LogP contribution is -2.06. The van der Waals surface area contributed by atoms with Gasteiger partial charge in [0, 0.05) is 4.47 Å². The van der Waals surface area contributed by atoms with Gasteiger partial charge in [-0.05, 0) is 31.5 Å². The molecule has 1 heterocycles. The highest BCUT2D eigenvalue weighted by Crippen LogP contribution is 2.22. The van der Waals surface area contributed by atoms with Crippen LogP contribution in [0, 0.1) is 6.92 Å². The molecule has 0 saturated heterocycles. The first-order chi connectivity index (χ1) is 7.61. The van der Waals surface area contributed by atoms with Crippen LogP contribution in [-0.4, -0.2) is 22.5 Å². The lowest BCUT2D eigenvalue weighted by molar-refractivity contribution is 0.0514. The first-order valence-electron chi connectivity index (χ1n) is 4.94. The zero-order valence-corrected chi connectivity index (χ0v) is 10.6. The summed E-state index contributed by atoms with van der Waals surface area (Å²) in [6.45, 7) is 4.09. The number of carbonyl (C=O) groups excluding carboxylic acids is 1. The van der Waals surface area contributed by atoms with Crippen molar-refractivity contribution in [3.05, 3.63) is 28.0 Å². The predicted molar refractivity (Wildman–Crippen MR) is 64.5 cm³/mol. The Morgan fingerprint density at radius 2 is 2.31 bits per heavy atom. The third-order valence-electron chi connectivity index (χ3n) is 2.23. The molecule has 0 fully saturated rings. The summed E-state index contributed by atoms with van der Waals surface area (Å²) in [4.78, 5) is 18.6. The van der Waals surface area contributed by atoms with E-state index in [0.717, 1.165) is 21.1 Å². The van der Waals surface area contributed by atoms with Crippen LogP contribution in [0.4, 0.5) is 0 Å². The molecule has 5 heteroatoms. The van der Waals surface area contributed by atoms with Gasteiger partial charge < -0.3 is 9.72 Å². The zero-order chi connectivity index (χ0) is 11.7. The lowest BCUT2D eigenvalue weighted by Gasteiger charge is -1.95. The van der Waals surface area contributed by atoms with E-state index in [9.17, 15) is 4.79 Å². The lowest BCUT2D eigenvalue weighted by atomic mass is 10.2. The number of hydrogen-bond acceptors (Lipinski definition) is 3. The van der Waals surface area contributed by atoms with E-state index in [0.29, 0.717) is 6.61 Å². The molecule has 0 aliphatic rings. The second-order valence-electron chi connectivity index (χ2n) is 3.42. The van der Waals surface area contributed by atoms with Gasteiger partial charge in [0.25, 0.3) is 0 Å². The van der Waals surface area contributed by atoms with E-state index in [1.807, 2.05) is 19.1 Å². The molecule has 2 rings (SSSR count). The van der Waals surface area contributed by atoms with Gasteiger partial charge in [0.2, 0.25) is 5.82 Å². The van der Waals surface area contributed by atoms with Gasteiger partial charge in [-0.3, -0.25) is 0 Å². The molecule has 0 saturated carbocycles. The van der Waals surface area contributed by atoms with Crippen LogP contribution >= 0.6 is 15.9 Å². The van der Waals surface area contributed by atoms with Gasteiger partial charge in [0.1, 0.15) is 0 Å². The maximum atomic E-state index is 11.5. The number of aryl methyl sites for hydroxylation is 1. The minimum Gasteiger partial charge on any atom is -0.460 e. The van der Waals surface area contributed by atoms with Crippen molar-refractivity contribution >= 4 is 32.9 Å². The first-order valence-corrected chi connectivity index (χ1v) is 5.74. The number of aromatic amines is 1. The minimum absolute atomic E-state index is 0.245. The number of benzene rings is 1. The molecule has 0 amide bonds. The van der Waals surface area contributed by atoms with Gasteiger partial charge in [0.05, 0.1) is 17.6 Å². The normalized spacial score (nSPS) is 10.7. The predicted octanol–water partition coefficient (Wildman–Crippen LogP) is 2.81. The molecule has 0 unspecified atom stereocenters. The average molecular weight is 283 g/mol. The molecule has 4 nitrogen and oxygen atoms in total. The summed E-state index contributed by atoms with van der Waals surface area (Å²) in [5.74, 6) is -0.179. The summed E-state index contributed by atoms with van der Waals surface area (Å²) in [5, 5.41) is 0. The van der Waals surface area contributed by atoms with Gasteiger partial charge in [-0.2, -0.15) is 0 Å². The topological polar surface area (TPSA) is 55.0 Å². The molecule has 0 atom stereocenters. The van der Waals surface area contributed by atoms with E-state index in [1.54, 1.807) is 6.92 Å². The van der Waals surface area contributed by atoms with Crippen LogP contribution in [0.15, 0.2) is 16.6 Å². The van der Waals surface area contributed by atoms with Crippen LogP contribution in [0.2, 0.25) is 0 Å². The highest BCUT2D eigenvalue weighted by Gasteiger charge is 2.12. The van der Waals surface area contributed by atoms with Crippen molar-refractivity contribution in [2.24, 2.45) is 0 Å². The second kappa shape index (κ2) is 4.25. The number of carbonyl (C=O) groups is 1. The van der Waals surface area contributed by atoms with Crippen molar-refractivity contribution in [2.45, 2.75) is 13.8 Å². The van der Waals surface area contributed by atoms with Gasteiger partial charge in [0.15, 0.2) is 0 Å². The number of rotatable bonds is 2. The van der Waals surface area contributed by atoms with E-state index in [-0.39, 0.29) is 5.82 Å². The molecule has 16 heavy (non-hydrogen) atoms. The molecular weight excluding hydrogens is 272 g/mol. The molecular formula is C11H11BrN2O2. The van der Waals surface area contributed by atoms with Crippen LogP contribution in [0.25, 0.3) is 11.0 Å². The molecule has 1 N–H and O–H groups in total. The minimum atomic E-state index is -0.424. The molecule has 2 aromatic rings. The monoisotopic (exact) mass is 282 g/mol. The highest BCUT2D eigenvalue weighted by molar-refractivity contribution is 9.10. The van der Waals surface area contributed by atoms with E-state index in [1.165, 1.54) is 0 Å². The third kappa shape index (κ3) is 1.95. The fourth-order valence-corrected chi connectivity index (χ4v) is 1.77. The van der Waals surface area contributed by atoms with Crippen LogP contribution in [0.5, 0.6) is 0 Å². The van der Waals surface area contributed by atoms with Crippen molar-refractivity contribution in [1.29, 1.82) is 0 Å². The van der Waals surface area contributed by atoms with Crippen LogP contribution in [0.1, 0.15) is 23.1 Å². The number of ether oxygens (including phenoxy) is 1. The van der Waals surface area contributed by atoms with Crippen molar-refractivity contribution in [3.63, 3.8) is 0 Å². The van der Waals surface area contributed by atoms with Gasteiger partial charge >= 0.3 is 5.97 Å². The highest BCUT2D eigenvalue weighted by atomic mass is 79.9. The molecule has 1 aromatic carbocycles. The number of nitrogens with zero attached hydrogens (tertiary/aromatic N) is 1. The molecule has 0 aliphatic carbocycles. The Morgan fingerprint density at radius 1 is 1.56 bits per heavy atom. The summed E-state index contributed by atoms with van der Waals surface area (Å²) >= 11 is 3.42. The van der Waals surface area contributed by atoms with E-state index >= 15 is 0 Å². The number of aromatic nitrogens is 2. The van der Waals surface area contributed by atoms with Gasteiger partial charge in [-0.25, -0.2) is 9.78 Å². The Balaban J connectivity index is 2.48. The van der Waals surface area contributed by atoms with Crippen molar-refractivity contribution in [1.82, 2.24) is 9.97 Å². The van der Waals surface area contributed by atoms with Gasteiger partial charge in [-0.15, -0.1) is 0 Å². The Kier molecular flexibility index (Phi) is 2.96. The third-order valence-corrected chi connectivity index (χ3v) is 3.09. The number of halogens is 1. The molecule has 0 radical (unpaired) electrons. The molecule has 1 aromatic heterocycles. The largest absolute Gasteiger partial charge is 0.460 e. The molecule has 0 spiro atoms. The Morgan fingerprint density at radius 3 is 3.00 bits per heavy atom. The summed E-state index contributed by atoms with van der Waals surface area (Å²) in [6.07, 6.45) is 0. The first kappa shape index (κ1) is 11.1. The number of imidazole rings is 1. The smallest absolute Gasteiger partial charge is 0.374 e. The molecule has 0 aliphatic heterocycles. The van der Waals surface area contributed by atoms with Crippen molar-refractivity contribution in [2.75, 3.05) is 6.61 Å². The maximum absolute atomic E-state index is 11.5. The Bertz CT molecular complexity index is 509. The molecule has 0 bridgehead atoms. The zero-order valence-electron chi connectivity index (χ0n) is 9.00. The Hall–Kier alpha value is -1.36. The van der Waals surface area contributed by atoms with E-state index < -0.39 is 5.97 Å². The average Bonchev–Trinajstić information content (AvgIpc) is 2.62. The van der Waals surface area contributed by atoms with Crippen molar-refractivity contribution < 1.29 is 9.53 Å². The fourth-order valence-electron chi connectivity index (χ4n) is 1.44. The van der Waals surface area contributed by atoms with E-state index in [2.05, 4.69) is 25.9 Å². The summed E-state index contributed by atoms with van der Waals surface area (Å²) in [6, 6.07) is 3.82. The number of nitrogens with one attached hydrogen (secondary N) is 1. The standard InChI is InChI=1S/C11H11BrN2O2/c1-3-16-11(15)10-13-8-4-6(2)7(12)5-9(8)14-10/h4-5H,3H2,1-2H3,(H,13,14). The number of H-pyrrole nitrogens is 1. The summed E-state index contributed by atoms with van der Waals surface area (Å²) in [5.41, 5.74) is 2.68. The molecule has 84 valence electrons. The van der Waals surface area contributed by atoms with E-state index in [4.69, 9.17) is 4.74 Å². The number of hydrogen-bond donors (Lipinski definition) is 1.